The van der Waals surface area contributed by atoms with E-state index in [4.69, 9.17) is 32.5 Å². The van der Waals surface area contributed by atoms with Gasteiger partial charge in [-0.15, -0.1) is 0 Å². The number of amides is 1. The number of carboxylic acid groups (broad SMARTS) is 4. The first-order valence-electron chi connectivity index (χ1n) is 21.0. The van der Waals surface area contributed by atoms with Crippen LogP contribution in [-0.4, -0.2) is 167 Å². The van der Waals surface area contributed by atoms with Crippen LogP contribution in [0.15, 0.2) is 48.5 Å². The molecule has 346 valence electrons. The van der Waals surface area contributed by atoms with Crippen LogP contribution in [0.2, 0.25) is 0 Å². The molecular formula is C43H67N7O11S. The van der Waals surface area contributed by atoms with Crippen LogP contribution >= 0.6 is 12.2 Å². The molecule has 0 fully saturated rings. The van der Waals surface area contributed by atoms with Crippen LogP contribution in [0.4, 0.5) is 5.69 Å². The number of anilines is 1. The summed E-state index contributed by atoms with van der Waals surface area (Å²) in [5, 5.41) is 47.1. The molecule has 0 bridgehead atoms. The molecule has 9 N–H and O–H groups in total. The van der Waals surface area contributed by atoms with E-state index < -0.39 is 29.9 Å². The molecule has 0 aliphatic heterocycles. The van der Waals surface area contributed by atoms with Gasteiger partial charge < -0.3 is 51.6 Å². The predicted molar refractivity (Wildman–Crippen MR) is 239 cm³/mol. The molecule has 0 saturated carbocycles. The third-order valence-corrected chi connectivity index (χ3v) is 10.5. The molecule has 1 amide bonds. The molecule has 0 saturated heterocycles. The van der Waals surface area contributed by atoms with Gasteiger partial charge in [0.1, 0.15) is 12.6 Å². The Bertz CT molecular complexity index is 1670. The minimum Gasteiger partial charge on any atom is -0.480 e. The molecule has 19 heteroatoms. The number of carbonyl (C=O) groups excluding carboxylic acids is 1. The number of hydrogen-bond donors (Lipinski definition) is 8. The fourth-order valence-corrected chi connectivity index (χ4v) is 6.58. The van der Waals surface area contributed by atoms with Crippen LogP contribution in [0, 0.1) is 5.92 Å². The molecule has 0 aliphatic carbocycles. The van der Waals surface area contributed by atoms with Crippen LogP contribution in [0.3, 0.4) is 0 Å². The molecule has 2 aromatic carbocycles. The Hall–Kier alpha value is -4.76. The van der Waals surface area contributed by atoms with E-state index >= 15 is 0 Å². The van der Waals surface area contributed by atoms with Gasteiger partial charge in [0.2, 0.25) is 5.91 Å². The summed E-state index contributed by atoms with van der Waals surface area (Å²) in [6.07, 6.45) is 3.28. The van der Waals surface area contributed by atoms with Gasteiger partial charge >= 0.3 is 23.9 Å². The van der Waals surface area contributed by atoms with E-state index in [-0.39, 0.29) is 57.8 Å². The lowest BCUT2D eigenvalue weighted by molar-refractivity contribution is -0.140. The second-order valence-corrected chi connectivity index (χ2v) is 15.7. The highest BCUT2D eigenvalue weighted by Crippen LogP contribution is 2.16. The van der Waals surface area contributed by atoms with Gasteiger partial charge in [-0.25, -0.2) is 0 Å². The van der Waals surface area contributed by atoms with Crippen molar-refractivity contribution in [2.75, 3.05) is 90.6 Å². The van der Waals surface area contributed by atoms with Crippen molar-refractivity contribution in [1.82, 2.24) is 25.3 Å². The van der Waals surface area contributed by atoms with E-state index in [1.165, 1.54) is 0 Å². The van der Waals surface area contributed by atoms with Gasteiger partial charge in [0.05, 0.1) is 39.5 Å². The second kappa shape index (κ2) is 30.3. The van der Waals surface area contributed by atoms with Crippen molar-refractivity contribution in [1.29, 1.82) is 0 Å². The lowest BCUT2D eigenvalue weighted by Crippen LogP contribution is -2.47. The molecule has 18 nitrogen and oxygen atoms in total. The van der Waals surface area contributed by atoms with Crippen molar-refractivity contribution in [3.8, 4) is 0 Å². The quantitative estimate of drug-likeness (QED) is 0.0370. The zero-order valence-corrected chi connectivity index (χ0v) is 37.1. The standard InChI is InChI=1S/C43H67N7O11S/c1-4-31(3)14-16-48(27-39(52)53)17-18-49(28-40(54)55)19-20-50(29-41(56)57)36(5-2)24-32-10-12-35(13-11-32)47-43(62)45-15-21-60-22-23-61-30-38(51)46-26-34-8-6-33(7-9-34)25-37(44)42(58)59/h6-13,31,36-37H,4-5,14-30,44H2,1-3H3,(H,46,51)(H,52,53)(H,54,55)(H,56,57)(H,58,59)(H2,45,47,62). The molecule has 2 aromatic rings. The summed E-state index contributed by atoms with van der Waals surface area (Å²) in [5.41, 5.74) is 8.97. The third-order valence-electron chi connectivity index (χ3n) is 10.2. The highest BCUT2D eigenvalue weighted by molar-refractivity contribution is 7.80. The molecule has 62 heavy (non-hydrogen) atoms. The summed E-state index contributed by atoms with van der Waals surface area (Å²) in [6.45, 7) is 9.04. The van der Waals surface area contributed by atoms with E-state index in [1.807, 2.05) is 41.0 Å². The first-order valence-corrected chi connectivity index (χ1v) is 21.4. The van der Waals surface area contributed by atoms with Crippen molar-refractivity contribution in [2.24, 2.45) is 11.7 Å². The Kier molecular flexibility index (Phi) is 26.1. The summed E-state index contributed by atoms with van der Waals surface area (Å²) in [6, 6.07) is 13.8. The maximum atomic E-state index is 12.1. The van der Waals surface area contributed by atoms with Crippen molar-refractivity contribution in [3.05, 3.63) is 65.2 Å². The minimum absolute atomic E-state index is 0.121. The Morgan fingerprint density at radius 1 is 0.694 bits per heavy atom. The average molecular weight is 890 g/mol. The summed E-state index contributed by atoms with van der Waals surface area (Å²) >= 11 is 5.42. The fourth-order valence-electron chi connectivity index (χ4n) is 6.36. The van der Waals surface area contributed by atoms with Gasteiger partial charge in [-0.1, -0.05) is 63.6 Å². The molecule has 3 atom stereocenters. The molecule has 0 aliphatic rings. The molecule has 3 unspecified atom stereocenters. The molecule has 0 spiro atoms. The number of ether oxygens (including phenoxy) is 2. The minimum atomic E-state index is -1.06. The maximum absolute atomic E-state index is 12.1. The number of carbonyl (C=O) groups is 5. The van der Waals surface area contributed by atoms with E-state index in [0.717, 1.165) is 35.2 Å². The largest absolute Gasteiger partial charge is 0.480 e. The van der Waals surface area contributed by atoms with Gasteiger partial charge in [0.15, 0.2) is 5.11 Å². The lowest BCUT2D eigenvalue weighted by Gasteiger charge is -2.33. The van der Waals surface area contributed by atoms with E-state index in [9.17, 15) is 39.3 Å². The topological polar surface area (TPSA) is 257 Å². The number of aliphatic carboxylic acids is 4. The molecular weight excluding hydrogens is 823 g/mol. The molecule has 0 heterocycles. The van der Waals surface area contributed by atoms with Crippen molar-refractivity contribution < 1.29 is 53.9 Å². The number of nitrogens with two attached hydrogens (primary N) is 1. The Balaban J connectivity index is 1.74. The average Bonchev–Trinajstić information content (AvgIpc) is 3.22. The summed E-state index contributed by atoms with van der Waals surface area (Å²) in [7, 11) is 0. The number of carboxylic acids is 4. The summed E-state index contributed by atoms with van der Waals surface area (Å²) in [4.78, 5) is 63.6. The van der Waals surface area contributed by atoms with Gasteiger partial charge in [-0.05, 0) is 79.2 Å². The SMILES string of the molecule is CCC(C)CCN(CCN(CCN(CC(=O)O)C(CC)Cc1ccc(NC(=S)NCCOCCOCC(=O)NCc2ccc(CC(N)C(=O)O)cc2)cc1)CC(=O)O)CC(=O)O. The third kappa shape index (κ3) is 24.0. The van der Waals surface area contributed by atoms with Crippen LogP contribution in [0.1, 0.15) is 56.7 Å². The number of thiocarbonyl (C=S) groups is 1. The number of nitrogens with one attached hydrogen (secondary N) is 3. The lowest BCUT2D eigenvalue weighted by atomic mass is 10.0. The number of benzene rings is 2. The highest BCUT2D eigenvalue weighted by Gasteiger charge is 2.23. The van der Waals surface area contributed by atoms with Crippen LogP contribution in [-0.2, 0) is 52.8 Å². The van der Waals surface area contributed by atoms with Gasteiger partial charge in [-0.3, -0.25) is 38.7 Å². The summed E-state index contributed by atoms with van der Waals surface area (Å²) in [5.74, 6) is -3.82. The van der Waals surface area contributed by atoms with E-state index in [0.29, 0.717) is 76.3 Å². The monoisotopic (exact) mass is 889 g/mol. The van der Waals surface area contributed by atoms with Crippen molar-refractivity contribution in [2.45, 2.75) is 71.5 Å². The molecule has 2 rings (SSSR count). The van der Waals surface area contributed by atoms with E-state index in [2.05, 4.69) is 29.8 Å². The van der Waals surface area contributed by atoms with Gasteiger partial charge in [0, 0.05) is 51.0 Å². The fraction of sp³-hybridized carbons (Fsp3) is 0.581. The smallest absolute Gasteiger partial charge is 0.320 e. The van der Waals surface area contributed by atoms with Crippen LogP contribution in [0.5, 0.6) is 0 Å². The highest BCUT2D eigenvalue weighted by atomic mass is 32.1. The Morgan fingerprint density at radius 3 is 1.82 bits per heavy atom. The summed E-state index contributed by atoms with van der Waals surface area (Å²) < 4.78 is 11.0. The van der Waals surface area contributed by atoms with Crippen LogP contribution < -0.4 is 21.7 Å². The number of hydrogen-bond acceptors (Lipinski definition) is 12. The Labute approximate surface area is 370 Å². The zero-order chi connectivity index (χ0) is 45.9. The second-order valence-electron chi connectivity index (χ2n) is 15.3. The zero-order valence-electron chi connectivity index (χ0n) is 36.3. The maximum Gasteiger partial charge on any atom is 0.320 e. The Morgan fingerprint density at radius 2 is 1.24 bits per heavy atom. The number of rotatable bonds is 34. The first kappa shape index (κ1) is 53.4. The van der Waals surface area contributed by atoms with E-state index in [1.54, 1.807) is 29.2 Å². The normalized spacial score (nSPS) is 12.8. The number of nitrogens with zero attached hydrogens (tertiary/aromatic N) is 3. The molecule has 0 aromatic heterocycles. The predicted octanol–water partition coefficient (Wildman–Crippen LogP) is 2.19. The van der Waals surface area contributed by atoms with Crippen LogP contribution in [0.25, 0.3) is 0 Å². The van der Waals surface area contributed by atoms with Gasteiger partial charge in [-0.2, -0.15) is 0 Å². The van der Waals surface area contributed by atoms with Crippen molar-refractivity contribution >= 4 is 52.8 Å². The molecule has 0 radical (unpaired) electrons. The first-order chi connectivity index (χ1) is 29.6. The van der Waals surface area contributed by atoms with Gasteiger partial charge in [0.25, 0.3) is 0 Å². The van der Waals surface area contributed by atoms with Crippen molar-refractivity contribution in [3.63, 3.8) is 0 Å².